The third kappa shape index (κ3) is 3.72. The molecule has 0 bridgehead atoms. The molecule has 1 fully saturated rings. The minimum atomic E-state index is -0.611. The van der Waals surface area contributed by atoms with Gasteiger partial charge < -0.3 is 4.42 Å². The van der Waals surface area contributed by atoms with E-state index >= 15 is 0 Å². The topological polar surface area (TPSA) is 106 Å². The Morgan fingerprint density at radius 2 is 1.97 bits per heavy atom. The zero-order valence-electron chi connectivity index (χ0n) is 15.7. The number of rotatable bonds is 5. The van der Waals surface area contributed by atoms with Gasteiger partial charge in [0.2, 0.25) is 0 Å². The first-order chi connectivity index (χ1) is 13.7. The van der Waals surface area contributed by atoms with E-state index < -0.39 is 16.7 Å². The lowest BCUT2D eigenvalue weighted by Crippen LogP contribution is -2.53. The zero-order valence-corrected chi connectivity index (χ0v) is 16.5. The smallest absolute Gasteiger partial charge is 0.272 e. The van der Waals surface area contributed by atoms with E-state index in [9.17, 15) is 19.7 Å². The minimum absolute atomic E-state index is 0.0224. The number of benzene rings is 1. The van der Waals surface area contributed by atoms with Crippen LogP contribution in [-0.4, -0.2) is 33.3 Å². The largest absolute Gasteiger partial charge is 0.457 e. The van der Waals surface area contributed by atoms with Gasteiger partial charge in [-0.1, -0.05) is 6.08 Å². The molecule has 0 saturated carbocycles. The first-order valence-corrected chi connectivity index (χ1v) is 9.00. The molecule has 3 rings (SSSR count). The summed E-state index contributed by atoms with van der Waals surface area (Å²) < 4.78 is 5.78. The third-order valence-electron chi connectivity index (χ3n) is 4.63. The lowest BCUT2D eigenvalue weighted by Gasteiger charge is -2.27. The molecule has 0 atom stereocenters. The first-order valence-electron chi connectivity index (χ1n) is 8.59. The highest BCUT2D eigenvalue weighted by atomic mass is 32.1. The normalized spacial score (nSPS) is 15.6. The summed E-state index contributed by atoms with van der Waals surface area (Å²) in [6.07, 6.45) is 2.84. The second-order valence-electron chi connectivity index (χ2n) is 6.36. The average Bonchev–Trinajstić information content (AvgIpc) is 3.12. The van der Waals surface area contributed by atoms with Crippen LogP contribution in [0.5, 0.6) is 0 Å². The Kier molecular flexibility index (Phi) is 5.42. The number of nitro benzene ring substituents is 1. The Balaban J connectivity index is 1.96. The van der Waals surface area contributed by atoms with Crippen LogP contribution in [0.1, 0.15) is 16.9 Å². The molecule has 8 nitrogen and oxygen atoms in total. The number of carbonyl (C=O) groups is 2. The van der Waals surface area contributed by atoms with Gasteiger partial charge in [0.1, 0.15) is 17.1 Å². The summed E-state index contributed by atoms with van der Waals surface area (Å²) in [6, 6.07) is 6.32. The van der Waals surface area contributed by atoms with E-state index in [-0.39, 0.29) is 22.9 Å². The van der Waals surface area contributed by atoms with Crippen molar-refractivity contribution in [2.45, 2.75) is 13.8 Å². The van der Waals surface area contributed by atoms with Crippen LogP contribution in [0.3, 0.4) is 0 Å². The van der Waals surface area contributed by atoms with E-state index in [1.165, 1.54) is 23.1 Å². The van der Waals surface area contributed by atoms with Crippen LogP contribution in [0, 0.1) is 24.0 Å². The molecule has 9 heteroatoms. The number of hydrogen-bond acceptors (Lipinski definition) is 6. The van der Waals surface area contributed by atoms with Crippen LogP contribution < -0.4 is 5.32 Å². The predicted octanol–water partition coefficient (Wildman–Crippen LogP) is 3.28. The molecule has 1 N–H and O–H groups in total. The number of amides is 2. The van der Waals surface area contributed by atoms with Gasteiger partial charge in [0, 0.05) is 23.7 Å². The Labute approximate surface area is 171 Å². The molecule has 2 aromatic rings. The molecule has 1 saturated heterocycles. The van der Waals surface area contributed by atoms with Crippen molar-refractivity contribution in [1.82, 2.24) is 10.2 Å². The van der Waals surface area contributed by atoms with Crippen molar-refractivity contribution >= 4 is 40.9 Å². The van der Waals surface area contributed by atoms with Gasteiger partial charge in [0.05, 0.1) is 4.92 Å². The number of furan rings is 1. The van der Waals surface area contributed by atoms with Gasteiger partial charge in [0.25, 0.3) is 17.5 Å². The van der Waals surface area contributed by atoms with E-state index in [0.717, 1.165) is 0 Å². The molecule has 148 valence electrons. The maximum atomic E-state index is 12.6. The molecular formula is C20H17N3O5S. The fraction of sp³-hybridized carbons (Fsp3) is 0.150. The van der Waals surface area contributed by atoms with E-state index in [1.807, 2.05) is 0 Å². The molecule has 1 aliphatic rings. The fourth-order valence-electron chi connectivity index (χ4n) is 2.98. The van der Waals surface area contributed by atoms with Crippen LogP contribution in [0.2, 0.25) is 0 Å². The monoisotopic (exact) mass is 411 g/mol. The second kappa shape index (κ2) is 7.80. The molecule has 1 aliphatic heterocycles. The minimum Gasteiger partial charge on any atom is -0.457 e. The molecule has 2 amide bonds. The van der Waals surface area contributed by atoms with Crippen LogP contribution >= 0.6 is 12.2 Å². The molecule has 1 aromatic heterocycles. The van der Waals surface area contributed by atoms with Gasteiger partial charge in [-0.25, -0.2) is 0 Å². The van der Waals surface area contributed by atoms with Crippen molar-refractivity contribution in [3.8, 4) is 11.3 Å². The van der Waals surface area contributed by atoms with Gasteiger partial charge in [0.15, 0.2) is 5.11 Å². The van der Waals surface area contributed by atoms with E-state index in [4.69, 9.17) is 16.6 Å². The van der Waals surface area contributed by atoms with Crippen molar-refractivity contribution in [2.24, 2.45) is 0 Å². The summed E-state index contributed by atoms with van der Waals surface area (Å²) >= 11 is 5.01. The lowest BCUT2D eigenvalue weighted by atomic mass is 10.00. The molecular weight excluding hydrogens is 394 g/mol. The lowest BCUT2D eigenvalue weighted by molar-refractivity contribution is -0.385. The number of hydrogen-bond donors (Lipinski definition) is 1. The summed E-state index contributed by atoms with van der Waals surface area (Å²) in [6.45, 7) is 7.18. The Bertz CT molecular complexity index is 1100. The maximum absolute atomic E-state index is 12.6. The van der Waals surface area contributed by atoms with E-state index in [0.29, 0.717) is 28.2 Å². The highest BCUT2D eigenvalue weighted by Crippen LogP contribution is 2.32. The Hall–Kier alpha value is -3.59. The predicted molar refractivity (Wildman–Crippen MR) is 111 cm³/mol. The van der Waals surface area contributed by atoms with Crippen LogP contribution in [-0.2, 0) is 9.59 Å². The molecule has 29 heavy (non-hydrogen) atoms. The quantitative estimate of drug-likeness (QED) is 0.202. The summed E-state index contributed by atoms with van der Waals surface area (Å²) in [4.78, 5) is 36.7. The Morgan fingerprint density at radius 3 is 2.62 bits per heavy atom. The van der Waals surface area contributed by atoms with Gasteiger partial charge >= 0.3 is 0 Å². The van der Waals surface area contributed by atoms with Crippen LogP contribution in [0.15, 0.2) is 46.9 Å². The summed E-state index contributed by atoms with van der Waals surface area (Å²) in [5.41, 5.74) is 1.86. The van der Waals surface area contributed by atoms with Gasteiger partial charge in [-0.05, 0) is 55.9 Å². The SMILES string of the molecule is C=CCN1C(=O)C(=Cc2ccc(-c3ccc([N+](=O)[O-])c(C)c3C)o2)C(=O)NC1=S. The molecule has 0 spiro atoms. The molecule has 0 aliphatic carbocycles. The van der Waals surface area contributed by atoms with Crippen molar-refractivity contribution in [2.75, 3.05) is 6.54 Å². The van der Waals surface area contributed by atoms with Crippen LogP contribution in [0.25, 0.3) is 17.4 Å². The average molecular weight is 411 g/mol. The van der Waals surface area contributed by atoms with Gasteiger partial charge in [-0.3, -0.25) is 29.9 Å². The van der Waals surface area contributed by atoms with Crippen molar-refractivity contribution in [3.05, 3.63) is 69.5 Å². The number of nitro groups is 1. The number of carbonyl (C=O) groups excluding carboxylic acids is 2. The molecule has 0 unspecified atom stereocenters. The highest BCUT2D eigenvalue weighted by molar-refractivity contribution is 7.80. The standard InChI is InChI=1S/C20H17N3O5S/c1-4-9-22-19(25)15(18(24)21-20(22)29)10-13-5-8-17(28-13)14-6-7-16(23(26)27)12(3)11(14)2/h4-8,10H,1,9H2,2-3H3,(H,21,24,29). The fourth-order valence-corrected chi connectivity index (χ4v) is 3.23. The van der Waals surface area contributed by atoms with E-state index in [1.54, 1.807) is 32.0 Å². The van der Waals surface area contributed by atoms with Crippen molar-refractivity contribution in [1.29, 1.82) is 0 Å². The third-order valence-corrected chi connectivity index (χ3v) is 4.95. The summed E-state index contributed by atoms with van der Waals surface area (Å²) in [5, 5.41) is 13.6. The van der Waals surface area contributed by atoms with Gasteiger partial charge in [-0.2, -0.15) is 0 Å². The number of thiocarbonyl (C=S) groups is 1. The van der Waals surface area contributed by atoms with Gasteiger partial charge in [-0.15, -0.1) is 6.58 Å². The molecule has 1 aromatic carbocycles. The number of nitrogens with zero attached hydrogens (tertiary/aromatic N) is 2. The first kappa shape index (κ1) is 20.2. The number of nitrogens with one attached hydrogen (secondary N) is 1. The van der Waals surface area contributed by atoms with Crippen LogP contribution in [0.4, 0.5) is 5.69 Å². The van der Waals surface area contributed by atoms with E-state index in [2.05, 4.69) is 11.9 Å². The maximum Gasteiger partial charge on any atom is 0.272 e. The summed E-state index contributed by atoms with van der Waals surface area (Å²) in [5.74, 6) is -0.394. The molecule has 0 radical (unpaired) electrons. The van der Waals surface area contributed by atoms with Crippen molar-refractivity contribution < 1.29 is 18.9 Å². The van der Waals surface area contributed by atoms with Crippen molar-refractivity contribution in [3.63, 3.8) is 0 Å². The Morgan fingerprint density at radius 1 is 1.24 bits per heavy atom. The zero-order chi connectivity index (χ0) is 21.3. The summed E-state index contributed by atoms with van der Waals surface area (Å²) in [7, 11) is 0. The highest BCUT2D eigenvalue weighted by Gasteiger charge is 2.33. The molecule has 2 heterocycles. The second-order valence-corrected chi connectivity index (χ2v) is 6.75.